The van der Waals surface area contributed by atoms with Crippen LogP contribution in [0.15, 0.2) is 48.5 Å². The molecule has 3 aliphatic carbocycles. The lowest BCUT2D eigenvalue weighted by molar-refractivity contribution is -0.0339. The number of alkyl halides is 1. The summed E-state index contributed by atoms with van der Waals surface area (Å²) in [6, 6.07) is 18.4. The van der Waals surface area contributed by atoms with Crippen molar-refractivity contribution >= 4 is 16.6 Å². The number of rotatable bonds is 6. The van der Waals surface area contributed by atoms with Crippen molar-refractivity contribution in [2.75, 3.05) is 25.0 Å². The summed E-state index contributed by atoms with van der Waals surface area (Å²) in [4.78, 5) is 8.98. The third-order valence-electron chi connectivity index (χ3n) is 9.72. The first-order valence-electron chi connectivity index (χ1n) is 14.2. The van der Waals surface area contributed by atoms with E-state index in [0.717, 1.165) is 37.5 Å². The lowest BCUT2D eigenvalue weighted by Crippen LogP contribution is -2.59. The molecule has 0 amide bonds. The van der Waals surface area contributed by atoms with Crippen LogP contribution in [-0.2, 0) is 6.42 Å². The Kier molecular flexibility index (Phi) is 5.44. The van der Waals surface area contributed by atoms with Gasteiger partial charge in [0.2, 0.25) is 0 Å². The highest BCUT2D eigenvalue weighted by Crippen LogP contribution is 2.60. The van der Waals surface area contributed by atoms with Gasteiger partial charge < -0.3 is 10.3 Å². The molecule has 2 N–H and O–H groups in total. The Hall–Kier alpha value is -2.37. The third kappa shape index (κ3) is 3.53. The molecule has 4 atom stereocenters. The van der Waals surface area contributed by atoms with Crippen molar-refractivity contribution in [3.05, 3.63) is 65.4 Å². The number of anilines is 1. The van der Waals surface area contributed by atoms with E-state index < -0.39 is 6.17 Å². The molecule has 0 radical (unpaired) electrons. The van der Waals surface area contributed by atoms with Crippen molar-refractivity contribution in [1.82, 2.24) is 14.8 Å². The average molecular weight is 487 g/mol. The fourth-order valence-electron chi connectivity index (χ4n) is 8.22. The van der Waals surface area contributed by atoms with E-state index in [4.69, 9.17) is 0 Å². The maximum absolute atomic E-state index is 14.7. The quantitative estimate of drug-likeness (QED) is 0.430. The normalized spacial score (nSPS) is 34.1. The molecule has 4 fully saturated rings. The predicted molar refractivity (Wildman–Crippen MR) is 145 cm³/mol. The summed E-state index contributed by atoms with van der Waals surface area (Å²) in [5.41, 5.74) is 6.86. The molecule has 3 saturated carbocycles. The standard InChI is InChI=1S/C31H39FN4/c1-3-14-35-18-26(32)28(19-35)33-23-10-8-22(9-11-23)30-29-25(24-6-4-5-7-27(24)34-29)15-20(2)36(30)31-13-12-21(16-31)17-31/h4-11,20-21,26,28,30,33-34H,3,12-19H2,1-2H3/t20-,21?,26-,28+,30-,31?/m1/s1. The van der Waals surface area contributed by atoms with Crippen LogP contribution in [0.1, 0.15) is 68.8 Å². The summed E-state index contributed by atoms with van der Waals surface area (Å²) >= 11 is 0. The van der Waals surface area contributed by atoms with Gasteiger partial charge in [-0.05, 0) is 87.2 Å². The monoisotopic (exact) mass is 486 g/mol. The van der Waals surface area contributed by atoms with E-state index in [1.165, 1.54) is 53.4 Å². The lowest BCUT2D eigenvalue weighted by atomic mass is 9.72. The molecule has 3 aromatic rings. The van der Waals surface area contributed by atoms with Gasteiger partial charge in [0.05, 0.1) is 12.1 Å². The molecular weight excluding hydrogens is 447 g/mol. The van der Waals surface area contributed by atoms with Gasteiger partial charge in [-0.25, -0.2) is 4.39 Å². The number of fused-ring (bicyclic) bond motifs is 4. The van der Waals surface area contributed by atoms with Crippen LogP contribution in [0.3, 0.4) is 0 Å². The first-order chi connectivity index (χ1) is 17.5. The van der Waals surface area contributed by atoms with Gasteiger partial charge >= 0.3 is 0 Å². The summed E-state index contributed by atoms with van der Waals surface area (Å²) in [6.07, 6.45) is 6.81. The fraction of sp³-hybridized carbons (Fsp3) is 0.548. The van der Waals surface area contributed by atoms with Gasteiger partial charge in [0.25, 0.3) is 0 Å². The van der Waals surface area contributed by atoms with Crippen LogP contribution in [-0.4, -0.2) is 58.2 Å². The lowest BCUT2D eigenvalue weighted by Gasteiger charge is -2.55. The van der Waals surface area contributed by atoms with E-state index in [-0.39, 0.29) is 12.1 Å². The minimum Gasteiger partial charge on any atom is -0.378 e. The molecule has 3 heterocycles. The molecule has 0 unspecified atom stereocenters. The van der Waals surface area contributed by atoms with Crippen LogP contribution in [0.5, 0.6) is 0 Å². The molecule has 8 rings (SSSR count). The smallest absolute Gasteiger partial charge is 0.134 e. The molecule has 36 heavy (non-hydrogen) atoms. The summed E-state index contributed by atoms with van der Waals surface area (Å²) in [5.74, 6) is 0.931. The summed E-state index contributed by atoms with van der Waals surface area (Å²) in [5, 5.41) is 4.88. The van der Waals surface area contributed by atoms with Gasteiger partial charge in [-0.2, -0.15) is 0 Å². The van der Waals surface area contributed by atoms with Gasteiger partial charge in [-0.1, -0.05) is 37.3 Å². The number of hydrogen-bond acceptors (Lipinski definition) is 3. The largest absolute Gasteiger partial charge is 0.378 e. The van der Waals surface area contributed by atoms with E-state index in [0.29, 0.717) is 18.1 Å². The van der Waals surface area contributed by atoms with E-state index in [1.807, 2.05) is 0 Å². The third-order valence-corrected chi connectivity index (χ3v) is 9.72. The van der Waals surface area contributed by atoms with Gasteiger partial charge in [0.1, 0.15) is 6.17 Å². The SMILES string of the molecule is CCCN1C[C@@H](F)[C@@H](Nc2ccc([C@@H]3c4[nH]c5ccccc5c4C[C@@H](C)N3C34CCC(C3)C4)cc2)C1. The van der Waals surface area contributed by atoms with Crippen molar-refractivity contribution in [2.45, 2.75) is 82.2 Å². The van der Waals surface area contributed by atoms with Crippen molar-refractivity contribution in [3.63, 3.8) is 0 Å². The maximum Gasteiger partial charge on any atom is 0.134 e. The van der Waals surface area contributed by atoms with E-state index in [2.05, 4.69) is 82.5 Å². The average Bonchev–Trinajstić information content (AvgIpc) is 3.62. The molecule has 0 spiro atoms. The molecule has 1 aromatic heterocycles. The number of halogens is 1. The molecule has 2 aliphatic heterocycles. The topological polar surface area (TPSA) is 34.3 Å². The zero-order valence-corrected chi connectivity index (χ0v) is 21.6. The second-order valence-electron chi connectivity index (χ2n) is 12.1. The Labute approximate surface area is 214 Å². The van der Waals surface area contributed by atoms with E-state index >= 15 is 0 Å². The summed E-state index contributed by atoms with van der Waals surface area (Å²) in [7, 11) is 0. The number of H-pyrrole nitrogens is 1. The molecule has 2 bridgehead atoms. The van der Waals surface area contributed by atoms with Crippen molar-refractivity contribution < 1.29 is 4.39 Å². The predicted octanol–water partition coefficient (Wildman–Crippen LogP) is 6.29. The van der Waals surface area contributed by atoms with Crippen molar-refractivity contribution in [3.8, 4) is 0 Å². The van der Waals surface area contributed by atoms with Crippen LogP contribution >= 0.6 is 0 Å². The van der Waals surface area contributed by atoms with E-state index in [9.17, 15) is 4.39 Å². The van der Waals surface area contributed by atoms with Gasteiger partial charge in [0.15, 0.2) is 0 Å². The highest BCUT2D eigenvalue weighted by Gasteiger charge is 2.58. The van der Waals surface area contributed by atoms with Crippen LogP contribution < -0.4 is 5.32 Å². The molecular formula is C31H39FN4. The van der Waals surface area contributed by atoms with Crippen LogP contribution in [0.25, 0.3) is 10.9 Å². The van der Waals surface area contributed by atoms with Gasteiger partial charge in [-0.15, -0.1) is 0 Å². The zero-order chi connectivity index (χ0) is 24.4. The summed E-state index contributed by atoms with van der Waals surface area (Å²) < 4.78 is 14.7. The minimum atomic E-state index is -0.812. The molecule has 5 aliphatic rings. The highest BCUT2D eigenvalue weighted by atomic mass is 19.1. The van der Waals surface area contributed by atoms with Crippen molar-refractivity contribution in [2.24, 2.45) is 5.92 Å². The number of aromatic amines is 1. The Morgan fingerprint density at radius 3 is 2.64 bits per heavy atom. The molecule has 5 heteroatoms. The Balaban J connectivity index is 1.22. The van der Waals surface area contributed by atoms with Gasteiger partial charge in [0, 0.05) is 47.0 Å². The molecule has 1 saturated heterocycles. The first kappa shape index (κ1) is 22.8. The number of benzene rings is 2. The summed E-state index contributed by atoms with van der Waals surface area (Å²) in [6.45, 7) is 6.91. The van der Waals surface area contributed by atoms with Crippen molar-refractivity contribution in [1.29, 1.82) is 0 Å². The fourth-order valence-corrected chi connectivity index (χ4v) is 8.22. The Bertz CT molecular complexity index is 1240. The van der Waals surface area contributed by atoms with Crippen LogP contribution in [0.2, 0.25) is 0 Å². The van der Waals surface area contributed by atoms with Crippen LogP contribution in [0, 0.1) is 5.92 Å². The molecule has 190 valence electrons. The zero-order valence-electron chi connectivity index (χ0n) is 21.6. The van der Waals surface area contributed by atoms with Crippen LogP contribution in [0.4, 0.5) is 10.1 Å². The molecule has 4 nitrogen and oxygen atoms in total. The first-order valence-corrected chi connectivity index (χ1v) is 14.2. The second kappa shape index (κ2) is 8.59. The van der Waals surface area contributed by atoms with E-state index in [1.54, 1.807) is 0 Å². The highest BCUT2D eigenvalue weighted by molar-refractivity contribution is 5.85. The molecule has 2 aromatic carbocycles. The minimum absolute atomic E-state index is 0.127. The second-order valence-corrected chi connectivity index (χ2v) is 12.1. The maximum atomic E-state index is 14.7. The number of aromatic nitrogens is 1. The van der Waals surface area contributed by atoms with Gasteiger partial charge in [-0.3, -0.25) is 9.80 Å². The Morgan fingerprint density at radius 1 is 1.08 bits per heavy atom. The number of nitrogens with one attached hydrogen (secondary N) is 2. The Morgan fingerprint density at radius 2 is 1.89 bits per heavy atom. The number of likely N-dealkylation sites (tertiary alicyclic amines) is 1. The number of hydrogen-bond donors (Lipinski definition) is 2. The number of nitrogens with zero attached hydrogens (tertiary/aromatic N) is 2. The number of para-hydroxylation sites is 1.